The lowest BCUT2D eigenvalue weighted by Gasteiger charge is -2.14. The summed E-state index contributed by atoms with van der Waals surface area (Å²) in [5.41, 5.74) is 3.27. The van der Waals surface area contributed by atoms with Gasteiger partial charge in [0.05, 0.1) is 16.6 Å². The molecule has 0 fully saturated rings. The lowest BCUT2D eigenvalue weighted by Crippen LogP contribution is -2.05. The van der Waals surface area contributed by atoms with Crippen LogP contribution in [0.4, 0.5) is 14.5 Å². The topological polar surface area (TPSA) is 24.9 Å². The number of rotatable bonds is 2. The quantitative estimate of drug-likeness (QED) is 0.880. The van der Waals surface area contributed by atoms with Gasteiger partial charge in [0, 0.05) is 24.4 Å². The number of aromatic nitrogens is 1. The van der Waals surface area contributed by atoms with Crippen molar-refractivity contribution in [3.05, 3.63) is 35.0 Å². The van der Waals surface area contributed by atoms with Crippen LogP contribution in [0.3, 0.4) is 0 Å². The molecule has 4 heteroatoms. The van der Waals surface area contributed by atoms with Gasteiger partial charge < -0.3 is 5.32 Å². The van der Waals surface area contributed by atoms with Gasteiger partial charge in [-0.1, -0.05) is 0 Å². The van der Waals surface area contributed by atoms with Gasteiger partial charge in [0.25, 0.3) is 0 Å². The number of hydrogen-bond donors (Lipinski definition) is 1. The van der Waals surface area contributed by atoms with Crippen LogP contribution in [0.2, 0.25) is 0 Å². The zero-order valence-electron chi connectivity index (χ0n) is 10.2. The van der Waals surface area contributed by atoms with Crippen LogP contribution in [0.15, 0.2) is 12.1 Å². The molecule has 94 valence electrons. The van der Waals surface area contributed by atoms with E-state index in [9.17, 15) is 8.78 Å². The number of anilines is 1. The second-order valence-corrected chi connectivity index (χ2v) is 4.58. The Balaban J connectivity index is 2.38. The summed E-state index contributed by atoms with van der Waals surface area (Å²) in [5, 5.41) is 3.62. The summed E-state index contributed by atoms with van der Waals surface area (Å²) < 4.78 is 27.2. The Morgan fingerprint density at radius 1 is 1.28 bits per heavy atom. The van der Waals surface area contributed by atoms with E-state index in [2.05, 4.69) is 10.3 Å². The summed E-state index contributed by atoms with van der Waals surface area (Å²) in [4.78, 5) is 4.40. The van der Waals surface area contributed by atoms with Crippen LogP contribution in [-0.4, -0.2) is 11.5 Å². The molecular formula is C14H14F2N2. The fourth-order valence-electron chi connectivity index (χ4n) is 2.68. The van der Waals surface area contributed by atoms with Crippen LogP contribution < -0.4 is 5.32 Å². The van der Waals surface area contributed by atoms with E-state index in [4.69, 9.17) is 0 Å². The number of benzene rings is 1. The number of halogens is 2. The highest BCUT2D eigenvalue weighted by Crippen LogP contribution is 2.35. The predicted octanol–water partition coefficient (Wildman–Crippen LogP) is 3.43. The molecule has 1 aromatic heterocycles. The first-order chi connectivity index (χ1) is 8.70. The van der Waals surface area contributed by atoms with Gasteiger partial charge in [-0.15, -0.1) is 0 Å². The Morgan fingerprint density at radius 3 is 2.89 bits per heavy atom. The van der Waals surface area contributed by atoms with E-state index < -0.39 is 11.6 Å². The molecule has 2 nitrogen and oxygen atoms in total. The van der Waals surface area contributed by atoms with Crippen LogP contribution in [0.1, 0.15) is 24.6 Å². The second kappa shape index (κ2) is 4.19. The third-order valence-electron chi connectivity index (χ3n) is 3.38. The van der Waals surface area contributed by atoms with Crippen molar-refractivity contribution in [2.75, 3.05) is 11.9 Å². The van der Waals surface area contributed by atoms with Gasteiger partial charge in [-0.25, -0.2) is 8.78 Å². The van der Waals surface area contributed by atoms with Crippen LogP contribution in [0, 0.1) is 11.6 Å². The first-order valence-electron chi connectivity index (χ1n) is 6.25. The Hall–Kier alpha value is -1.71. The first-order valence-corrected chi connectivity index (χ1v) is 6.25. The van der Waals surface area contributed by atoms with Gasteiger partial charge in [0.1, 0.15) is 11.6 Å². The molecule has 1 heterocycles. The zero-order valence-corrected chi connectivity index (χ0v) is 10.2. The molecule has 0 bridgehead atoms. The minimum Gasteiger partial charge on any atom is -0.384 e. The standard InChI is InChI=1S/C14H14F2N2/c1-2-17-14-9-4-3-5-11(9)18-12-7-8(15)6-10(16)13(12)14/h6-7H,2-5H2,1H3,(H,17,18). The molecule has 0 aliphatic heterocycles. The van der Waals surface area contributed by atoms with Crippen molar-refractivity contribution in [2.24, 2.45) is 0 Å². The molecule has 0 spiro atoms. The molecule has 18 heavy (non-hydrogen) atoms. The summed E-state index contributed by atoms with van der Waals surface area (Å²) >= 11 is 0. The first kappa shape index (κ1) is 11.4. The zero-order chi connectivity index (χ0) is 12.7. The summed E-state index contributed by atoms with van der Waals surface area (Å²) in [6.45, 7) is 2.68. The Labute approximate surface area is 104 Å². The maximum atomic E-state index is 14.0. The molecule has 2 aromatic rings. The van der Waals surface area contributed by atoms with Crippen LogP contribution >= 0.6 is 0 Å². The Bertz CT molecular complexity index is 623. The van der Waals surface area contributed by atoms with Crippen LogP contribution in [-0.2, 0) is 12.8 Å². The molecule has 0 atom stereocenters. The fraction of sp³-hybridized carbons (Fsp3) is 0.357. The van der Waals surface area contributed by atoms with E-state index in [1.807, 2.05) is 6.92 Å². The van der Waals surface area contributed by atoms with E-state index in [0.29, 0.717) is 17.4 Å². The molecule has 0 radical (unpaired) electrons. The van der Waals surface area contributed by atoms with Crippen LogP contribution in [0.5, 0.6) is 0 Å². The van der Waals surface area contributed by atoms with Gasteiger partial charge in [0.15, 0.2) is 0 Å². The fourth-order valence-corrected chi connectivity index (χ4v) is 2.68. The Morgan fingerprint density at radius 2 is 2.11 bits per heavy atom. The van der Waals surface area contributed by atoms with Gasteiger partial charge in [-0.05, 0) is 31.7 Å². The van der Waals surface area contributed by atoms with Crippen molar-refractivity contribution < 1.29 is 8.78 Å². The van der Waals surface area contributed by atoms with Gasteiger partial charge >= 0.3 is 0 Å². The summed E-state index contributed by atoms with van der Waals surface area (Å²) in [6.07, 6.45) is 2.83. The molecule has 0 saturated carbocycles. The second-order valence-electron chi connectivity index (χ2n) is 4.58. The molecule has 3 rings (SSSR count). The smallest absolute Gasteiger partial charge is 0.137 e. The molecular weight excluding hydrogens is 234 g/mol. The number of hydrogen-bond acceptors (Lipinski definition) is 2. The van der Waals surface area contributed by atoms with Crippen molar-refractivity contribution in [3.8, 4) is 0 Å². The molecule has 1 aliphatic carbocycles. The average Bonchev–Trinajstić information content (AvgIpc) is 2.75. The number of nitrogens with one attached hydrogen (secondary N) is 1. The highest BCUT2D eigenvalue weighted by atomic mass is 19.1. The van der Waals surface area contributed by atoms with Gasteiger partial charge in [-0.3, -0.25) is 4.98 Å². The number of pyridine rings is 1. The Kier molecular flexibility index (Phi) is 2.65. The molecule has 1 N–H and O–H groups in total. The minimum absolute atomic E-state index is 0.407. The summed E-state index contributed by atoms with van der Waals surface area (Å²) in [7, 11) is 0. The van der Waals surface area contributed by atoms with Crippen molar-refractivity contribution in [1.82, 2.24) is 4.98 Å². The lowest BCUT2D eigenvalue weighted by atomic mass is 10.1. The lowest BCUT2D eigenvalue weighted by molar-refractivity contribution is 0.591. The highest BCUT2D eigenvalue weighted by molar-refractivity contribution is 5.94. The van der Waals surface area contributed by atoms with E-state index in [1.165, 1.54) is 6.07 Å². The SMILES string of the molecule is CCNc1c2c(nc3cc(F)cc(F)c13)CCC2. The number of nitrogens with zero attached hydrogens (tertiary/aromatic N) is 1. The molecule has 1 aliphatic rings. The van der Waals surface area contributed by atoms with Crippen molar-refractivity contribution in [2.45, 2.75) is 26.2 Å². The van der Waals surface area contributed by atoms with Gasteiger partial charge in [-0.2, -0.15) is 0 Å². The van der Waals surface area contributed by atoms with Crippen LogP contribution in [0.25, 0.3) is 10.9 Å². The summed E-state index contributed by atoms with van der Waals surface area (Å²) in [6, 6.07) is 2.23. The van der Waals surface area contributed by atoms with Crippen molar-refractivity contribution in [1.29, 1.82) is 0 Å². The molecule has 1 aromatic carbocycles. The third-order valence-corrected chi connectivity index (χ3v) is 3.38. The largest absolute Gasteiger partial charge is 0.384 e. The summed E-state index contributed by atoms with van der Waals surface area (Å²) in [5.74, 6) is -1.11. The molecule has 0 unspecified atom stereocenters. The van der Waals surface area contributed by atoms with E-state index in [-0.39, 0.29) is 0 Å². The normalized spacial score (nSPS) is 13.9. The van der Waals surface area contributed by atoms with Crippen molar-refractivity contribution >= 4 is 16.6 Å². The van der Waals surface area contributed by atoms with Gasteiger partial charge in [0.2, 0.25) is 0 Å². The predicted molar refractivity (Wildman–Crippen MR) is 67.8 cm³/mol. The third kappa shape index (κ3) is 1.64. The van der Waals surface area contributed by atoms with E-state index >= 15 is 0 Å². The van der Waals surface area contributed by atoms with E-state index in [1.54, 1.807) is 0 Å². The maximum Gasteiger partial charge on any atom is 0.137 e. The number of aryl methyl sites for hydroxylation is 1. The molecule has 0 saturated heterocycles. The monoisotopic (exact) mass is 248 g/mol. The number of fused-ring (bicyclic) bond motifs is 2. The minimum atomic E-state index is -0.576. The highest BCUT2D eigenvalue weighted by Gasteiger charge is 2.21. The van der Waals surface area contributed by atoms with Crippen molar-refractivity contribution in [3.63, 3.8) is 0 Å². The average molecular weight is 248 g/mol. The molecule has 0 amide bonds. The van der Waals surface area contributed by atoms with E-state index in [0.717, 1.165) is 42.3 Å². The maximum absolute atomic E-state index is 14.0.